The molecule has 0 fully saturated rings. The number of benzene rings is 6. The molecule has 3 aromatic heterocycles. The number of thiophene rings is 1. The first kappa shape index (κ1) is 28.8. The van der Waals surface area contributed by atoms with Gasteiger partial charge in [0.25, 0.3) is 0 Å². The van der Waals surface area contributed by atoms with Crippen LogP contribution in [0.15, 0.2) is 164 Å². The molecule has 0 aliphatic heterocycles. The number of hydrogen-bond acceptors (Lipinski definition) is 6. The summed E-state index contributed by atoms with van der Waals surface area (Å²) in [5.41, 5.74) is 10.2. The summed E-state index contributed by atoms with van der Waals surface area (Å²) >= 11 is 1.74. The molecule has 0 N–H and O–H groups in total. The van der Waals surface area contributed by atoms with Gasteiger partial charge in [-0.2, -0.15) is 0 Å². The minimum absolute atomic E-state index is 0.622. The van der Waals surface area contributed by atoms with Gasteiger partial charge in [-0.05, 0) is 46.5 Å². The molecule has 0 atom stereocenters. The lowest BCUT2D eigenvalue weighted by molar-refractivity contribution is 1.07. The van der Waals surface area contributed by atoms with Crippen molar-refractivity contribution in [3.05, 3.63) is 164 Å². The smallest absolute Gasteiger partial charge is 0.164 e. The van der Waals surface area contributed by atoms with Gasteiger partial charge in [-0.1, -0.05) is 133 Å². The van der Waals surface area contributed by atoms with Crippen molar-refractivity contribution in [2.45, 2.75) is 0 Å². The van der Waals surface area contributed by atoms with Crippen molar-refractivity contribution in [1.82, 2.24) is 24.9 Å². The minimum atomic E-state index is 0.622. The van der Waals surface area contributed by atoms with E-state index in [0.717, 1.165) is 65.8 Å². The highest BCUT2D eigenvalue weighted by Gasteiger charge is 2.16. The van der Waals surface area contributed by atoms with Crippen molar-refractivity contribution in [2.75, 3.05) is 0 Å². The van der Waals surface area contributed by atoms with Gasteiger partial charge >= 0.3 is 0 Å². The number of nitrogens with zero attached hydrogens (tertiary/aromatic N) is 5. The van der Waals surface area contributed by atoms with Crippen LogP contribution >= 0.6 is 11.3 Å². The minimum Gasteiger partial charge on any atom is -0.235 e. The highest BCUT2D eigenvalue weighted by atomic mass is 32.1. The Labute approximate surface area is 287 Å². The van der Waals surface area contributed by atoms with Crippen molar-refractivity contribution in [3.8, 4) is 67.7 Å². The molecule has 6 aromatic carbocycles. The molecule has 0 saturated heterocycles. The van der Waals surface area contributed by atoms with E-state index in [1.54, 1.807) is 17.7 Å². The normalized spacial score (nSPS) is 11.3. The van der Waals surface area contributed by atoms with Crippen LogP contribution in [0, 0.1) is 0 Å². The van der Waals surface area contributed by atoms with Crippen LogP contribution in [0.5, 0.6) is 0 Å². The van der Waals surface area contributed by atoms with E-state index in [-0.39, 0.29) is 0 Å². The second-order valence-electron chi connectivity index (χ2n) is 11.8. The van der Waals surface area contributed by atoms with E-state index < -0.39 is 0 Å². The fourth-order valence-electron chi connectivity index (χ4n) is 6.21. The molecule has 0 unspecified atom stereocenters. The standard InChI is InChI=1S/C43H27N5S/c1-4-12-28(13-5-1)33-24-34(29-20-22-30(23-21-29)38-40-39(45-27-44-38)36-18-10-11-19-37(36)49-40)26-35(25-33)43-47-41(31-14-6-2-7-15-31)46-42(48-43)32-16-8-3-9-17-32/h1-27H. The van der Waals surface area contributed by atoms with Gasteiger partial charge in [0, 0.05) is 32.3 Å². The molecule has 0 aliphatic carbocycles. The maximum Gasteiger partial charge on any atom is 0.164 e. The lowest BCUT2D eigenvalue weighted by Gasteiger charge is -2.13. The predicted octanol–water partition coefficient (Wildman–Crippen LogP) is 11.0. The third kappa shape index (κ3) is 5.54. The van der Waals surface area contributed by atoms with Crippen LogP contribution in [-0.2, 0) is 0 Å². The Morgan fingerprint density at radius 1 is 0.367 bits per heavy atom. The molecule has 0 bridgehead atoms. The summed E-state index contributed by atoms with van der Waals surface area (Å²) in [4.78, 5) is 24.3. The van der Waals surface area contributed by atoms with Gasteiger partial charge in [0.2, 0.25) is 0 Å². The van der Waals surface area contributed by atoms with Gasteiger partial charge in [0.15, 0.2) is 17.5 Å². The zero-order valence-electron chi connectivity index (χ0n) is 26.2. The van der Waals surface area contributed by atoms with E-state index >= 15 is 0 Å². The molecule has 0 aliphatic rings. The van der Waals surface area contributed by atoms with Crippen LogP contribution in [0.4, 0.5) is 0 Å². The van der Waals surface area contributed by atoms with Crippen LogP contribution in [-0.4, -0.2) is 24.9 Å². The predicted molar refractivity (Wildman–Crippen MR) is 201 cm³/mol. The van der Waals surface area contributed by atoms with Gasteiger partial charge < -0.3 is 0 Å². The lowest BCUT2D eigenvalue weighted by atomic mass is 9.95. The van der Waals surface area contributed by atoms with Crippen LogP contribution in [0.3, 0.4) is 0 Å². The first-order valence-electron chi connectivity index (χ1n) is 16.1. The third-order valence-corrected chi connectivity index (χ3v) is 9.81. The Kier molecular flexibility index (Phi) is 7.26. The summed E-state index contributed by atoms with van der Waals surface area (Å²) in [6, 6.07) is 54.2. The Morgan fingerprint density at radius 2 is 0.837 bits per heavy atom. The lowest BCUT2D eigenvalue weighted by Crippen LogP contribution is -2.00. The molecule has 0 radical (unpaired) electrons. The second kappa shape index (κ2) is 12.3. The van der Waals surface area contributed by atoms with E-state index in [2.05, 4.69) is 96.0 Å². The number of rotatable bonds is 6. The molecule has 0 spiro atoms. The van der Waals surface area contributed by atoms with E-state index in [4.69, 9.17) is 19.9 Å². The molecule has 5 nitrogen and oxygen atoms in total. The molecule has 6 heteroatoms. The summed E-state index contributed by atoms with van der Waals surface area (Å²) in [7, 11) is 0. The summed E-state index contributed by atoms with van der Waals surface area (Å²) < 4.78 is 2.31. The average Bonchev–Trinajstić information content (AvgIpc) is 3.58. The van der Waals surface area contributed by atoms with Gasteiger partial charge in [-0.25, -0.2) is 24.9 Å². The highest BCUT2D eigenvalue weighted by molar-refractivity contribution is 7.26. The monoisotopic (exact) mass is 645 g/mol. The molecular formula is C43H27N5S. The fraction of sp³-hybridized carbons (Fsp3) is 0. The summed E-state index contributed by atoms with van der Waals surface area (Å²) in [6.45, 7) is 0. The van der Waals surface area contributed by atoms with Crippen molar-refractivity contribution in [2.24, 2.45) is 0 Å². The van der Waals surface area contributed by atoms with E-state index in [1.165, 1.54) is 4.70 Å². The van der Waals surface area contributed by atoms with Crippen molar-refractivity contribution in [1.29, 1.82) is 0 Å². The molecule has 9 rings (SSSR count). The fourth-order valence-corrected chi connectivity index (χ4v) is 7.38. The van der Waals surface area contributed by atoms with Crippen molar-refractivity contribution < 1.29 is 0 Å². The molecule has 0 amide bonds. The van der Waals surface area contributed by atoms with Crippen LogP contribution in [0.2, 0.25) is 0 Å². The van der Waals surface area contributed by atoms with E-state index in [1.807, 2.05) is 66.7 Å². The van der Waals surface area contributed by atoms with E-state index in [0.29, 0.717) is 17.5 Å². The van der Waals surface area contributed by atoms with Crippen molar-refractivity contribution in [3.63, 3.8) is 0 Å². The molecule has 230 valence electrons. The highest BCUT2D eigenvalue weighted by Crippen LogP contribution is 2.39. The van der Waals surface area contributed by atoms with E-state index in [9.17, 15) is 0 Å². The maximum atomic E-state index is 5.03. The third-order valence-electron chi connectivity index (χ3n) is 8.65. The molecular weight excluding hydrogens is 619 g/mol. The summed E-state index contributed by atoms with van der Waals surface area (Å²) in [5.74, 6) is 1.90. The van der Waals surface area contributed by atoms with Gasteiger partial charge in [0.05, 0.1) is 15.9 Å². The van der Waals surface area contributed by atoms with Gasteiger partial charge in [-0.3, -0.25) is 0 Å². The van der Waals surface area contributed by atoms with Crippen molar-refractivity contribution >= 4 is 31.6 Å². The van der Waals surface area contributed by atoms with Crippen LogP contribution in [0.1, 0.15) is 0 Å². The van der Waals surface area contributed by atoms with Crippen LogP contribution in [0.25, 0.3) is 88.0 Å². The van der Waals surface area contributed by atoms with Gasteiger partial charge in [-0.15, -0.1) is 11.3 Å². The maximum absolute atomic E-state index is 5.03. The number of hydrogen-bond donors (Lipinski definition) is 0. The quantitative estimate of drug-likeness (QED) is 0.180. The first-order chi connectivity index (χ1) is 24.3. The zero-order chi connectivity index (χ0) is 32.6. The molecule has 3 heterocycles. The topological polar surface area (TPSA) is 64.5 Å². The molecule has 9 aromatic rings. The Morgan fingerprint density at radius 3 is 1.45 bits per heavy atom. The number of aromatic nitrogens is 5. The van der Waals surface area contributed by atoms with Crippen LogP contribution < -0.4 is 0 Å². The Balaban J connectivity index is 1.18. The molecule has 0 saturated carbocycles. The second-order valence-corrected chi connectivity index (χ2v) is 12.8. The number of fused-ring (bicyclic) bond motifs is 3. The summed E-state index contributed by atoms with van der Waals surface area (Å²) in [6.07, 6.45) is 1.67. The average molecular weight is 646 g/mol. The first-order valence-corrected chi connectivity index (χ1v) is 16.9. The van der Waals surface area contributed by atoms with Gasteiger partial charge in [0.1, 0.15) is 6.33 Å². The SMILES string of the molecule is c1ccc(-c2cc(-c3ccc(-c4ncnc5c4sc4ccccc45)cc3)cc(-c3nc(-c4ccccc4)nc(-c4ccccc4)n3)c2)cc1. The zero-order valence-corrected chi connectivity index (χ0v) is 27.0. The Bertz CT molecular complexity index is 2530. The Hall–Kier alpha value is -6.37. The largest absolute Gasteiger partial charge is 0.235 e. The summed E-state index contributed by atoms with van der Waals surface area (Å²) in [5, 5.41) is 1.16. The molecule has 49 heavy (non-hydrogen) atoms.